The van der Waals surface area contributed by atoms with Crippen molar-refractivity contribution in [2.75, 3.05) is 21.3 Å². The van der Waals surface area contributed by atoms with E-state index in [-0.39, 0.29) is 23.4 Å². The molecule has 3 aromatic carbocycles. The molecule has 0 spiro atoms. The molecule has 190 valence electrons. The molecule has 1 unspecified atom stereocenters. The van der Waals surface area contributed by atoms with Crippen molar-refractivity contribution in [3.8, 4) is 17.2 Å². The minimum absolute atomic E-state index is 0.00899. The Balaban J connectivity index is 1.82. The first kappa shape index (κ1) is 25.3. The molecule has 37 heavy (non-hydrogen) atoms. The summed E-state index contributed by atoms with van der Waals surface area (Å²) in [5, 5.41) is 21.4. The van der Waals surface area contributed by atoms with Crippen LogP contribution in [0.25, 0.3) is 5.76 Å². The lowest BCUT2D eigenvalue weighted by Crippen LogP contribution is -2.29. The summed E-state index contributed by atoms with van der Waals surface area (Å²) in [6, 6.07) is 16.2. The first-order chi connectivity index (χ1) is 17.8. The molecule has 4 rings (SSSR count). The van der Waals surface area contributed by atoms with Gasteiger partial charge in [-0.1, -0.05) is 24.3 Å². The lowest BCUT2D eigenvalue weighted by Gasteiger charge is -2.25. The van der Waals surface area contributed by atoms with Gasteiger partial charge in [-0.05, 0) is 53.6 Å². The molecular weight excluding hydrogens is 478 g/mol. The maximum Gasteiger partial charge on any atom is 0.337 e. The third kappa shape index (κ3) is 4.84. The second-order valence-corrected chi connectivity index (χ2v) is 8.28. The number of carbonyl (C=O) groups excluding carboxylic acids is 3. The van der Waals surface area contributed by atoms with Gasteiger partial charge in [-0.15, -0.1) is 0 Å². The fourth-order valence-corrected chi connectivity index (χ4v) is 4.28. The van der Waals surface area contributed by atoms with Gasteiger partial charge in [-0.2, -0.15) is 0 Å². The summed E-state index contributed by atoms with van der Waals surface area (Å²) in [4.78, 5) is 39.6. The Morgan fingerprint density at radius 1 is 0.892 bits per heavy atom. The molecule has 1 fully saturated rings. The summed E-state index contributed by atoms with van der Waals surface area (Å²) in [7, 11) is 4.20. The zero-order valence-corrected chi connectivity index (χ0v) is 20.4. The number of ether oxygens (including phenoxy) is 3. The summed E-state index contributed by atoms with van der Waals surface area (Å²) >= 11 is 0. The maximum atomic E-state index is 13.3. The van der Waals surface area contributed by atoms with Gasteiger partial charge in [0.15, 0.2) is 11.5 Å². The zero-order valence-electron chi connectivity index (χ0n) is 20.4. The number of benzene rings is 3. The molecule has 0 saturated carbocycles. The molecular formula is C28H25NO8. The van der Waals surface area contributed by atoms with Crippen LogP contribution < -0.4 is 9.47 Å². The predicted octanol–water partition coefficient (Wildman–Crippen LogP) is 3.82. The van der Waals surface area contributed by atoms with Gasteiger partial charge >= 0.3 is 5.97 Å². The number of phenolic OH excluding ortho intramolecular Hbond substituents is 1. The quantitative estimate of drug-likeness (QED) is 0.216. The number of nitrogens with zero attached hydrogens (tertiary/aromatic N) is 1. The van der Waals surface area contributed by atoms with E-state index in [1.165, 1.54) is 44.4 Å². The van der Waals surface area contributed by atoms with Gasteiger partial charge < -0.3 is 29.3 Å². The fraction of sp³-hybridized carbons (Fsp3) is 0.179. The van der Waals surface area contributed by atoms with Crippen molar-refractivity contribution in [1.82, 2.24) is 4.90 Å². The molecule has 0 aromatic heterocycles. The molecule has 9 heteroatoms. The monoisotopic (exact) mass is 503 g/mol. The maximum absolute atomic E-state index is 13.3. The van der Waals surface area contributed by atoms with E-state index < -0.39 is 29.5 Å². The van der Waals surface area contributed by atoms with Crippen molar-refractivity contribution in [3.05, 3.63) is 94.6 Å². The summed E-state index contributed by atoms with van der Waals surface area (Å²) in [5.41, 5.74) is 1.54. The molecule has 2 N–H and O–H groups in total. The highest BCUT2D eigenvalue weighted by Gasteiger charge is 2.46. The summed E-state index contributed by atoms with van der Waals surface area (Å²) < 4.78 is 15.3. The molecule has 9 nitrogen and oxygen atoms in total. The molecule has 1 atom stereocenters. The number of amides is 1. The number of aromatic hydroxyl groups is 1. The molecule has 1 heterocycles. The Kier molecular flexibility index (Phi) is 7.15. The van der Waals surface area contributed by atoms with E-state index in [0.717, 1.165) is 0 Å². The highest BCUT2D eigenvalue weighted by Crippen LogP contribution is 2.42. The van der Waals surface area contributed by atoms with Crippen LogP contribution >= 0.6 is 0 Å². The van der Waals surface area contributed by atoms with E-state index in [1.807, 2.05) is 0 Å². The number of phenols is 1. The van der Waals surface area contributed by atoms with E-state index in [0.29, 0.717) is 28.2 Å². The molecule has 1 amide bonds. The highest BCUT2D eigenvalue weighted by atomic mass is 16.5. The highest BCUT2D eigenvalue weighted by molar-refractivity contribution is 6.46. The molecule has 1 aliphatic heterocycles. The number of hydrogen-bond acceptors (Lipinski definition) is 8. The standard InChI is InChI=1S/C28H25NO8/c1-35-21-12-11-19(14-22(21)36-2)25(31)23-24(18-5-4-6-20(30)13-18)29(27(33)26(23)32)15-16-7-9-17(10-8-16)28(34)37-3/h4-14,24,30-31H,15H2,1-3H3/b25-23-. The third-order valence-electron chi connectivity index (χ3n) is 6.11. The van der Waals surface area contributed by atoms with Gasteiger partial charge in [0.1, 0.15) is 11.5 Å². The van der Waals surface area contributed by atoms with E-state index in [1.54, 1.807) is 48.5 Å². The smallest absolute Gasteiger partial charge is 0.337 e. The van der Waals surface area contributed by atoms with E-state index in [9.17, 15) is 24.6 Å². The molecule has 1 saturated heterocycles. The number of carbonyl (C=O) groups is 3. The first-order valence-electron chi connectivity index (χ1n) is 11.3. The Hall–Kier alpha value is -4.79. The van der Waals surface area contributed by atoms with Gasteiger partial charge in [0, 0.05) is 12.1 Å². The number of Topliss-reactive ketones (excluding diaryl/α,β-unsaturated/α-hetero) is 1. The van der Waals surface area contributed by atoms with E-state index in [4.69, 9.17) is 14.2 Å². The van der Waals surface area contributed by atoms with E-state index >= 15 is 0 Å². The van der Waals surface area contributed by atoms with Crippen molar-refractivity contribution in [3.63, 3.8) is 0 Å². The van der Waals surface area contributed by atoms with Gasteiger partial charge in [-0.3, -0.25) is 9.59 Å². The van der Waals surface area contributed by atoms with Crippen LogP contribution in [-0.4, -0.2) is 54.1 Å². The van der Waals surface area contributed by atoms with Crippen molar-refractivity contribution in [2.24, 2.45) is 0 Å². The number of methoxy groups -OCH3 is 3. The molecule has 3 aromatic rings. The molecule has 0 aliphatic carbocycles. The van der Waals surface area contributed by atoms with Crippen molar-refractivity contribution >= 4 is 23.4 Å². The lowest BCUT2D eigenvalue weighted by atomic mass is 9.95. The van der Waals surface area contributed by atoms with Crippen molar-refractivity contribution in [2.45, 2.75) is 12.6 Å². The third-order valence-corrected chi connectivity index (χ3v) is 6.11. The van der Waals surface area contributed by atoms with Crippen LogP contribution in [0.5, 0.6) is 17.2 Å². The largest absolute Gasteiger partial charge is 0.508 e. The number of aliphatic hydroxyl groups excluding tert-OH is 1. The second-order valence-electron chi connectivity index (χ2n) is 8.28. The van der Waals surface area contributed by atoms with Gasteiger partial charge in [-0.25, -0.2) is 4.79 Å². The van der Waals surface area contributed by atoms with E-state index in [2.05, 4.69) is 0 Å². The van der Waals surface area contributed by atoms with Crippen LogP contribution in [0, 0.1) is 0 Å². The minimum Gasteiger partial charge on any atom is -0.508 e. The van der Waals surface area contributed by atoms with Crippen molar-refractivity contribution < 1.29 is 38.8 Å². The summed E-state index contributed by atoms with van der Waals surface area (Å²) in [6.45, 7) is 0.00899. The fourth-order valence-electron chi connectivity index (χ4n) is 4.28. The topological polar surface area (TPSA) is 123 Å². The summed E-state index contributed by atoms with van der Waals surface area (Å²) in [6.07, 6.45) is 0. The Morgan fingerprint density at radius 2 is 1.57 bits per heavy atom. The van der Waals surface area contributed by atoms with Crippen LogP contribution in [0.1, 0.15) is 33.1 Å². The minimum atomic E-state index is -0.986. The van der Waals surface area contributed by atoms with Crippen LogP contribution in [0.3, 0.4) is 0 Å². The average Bonchev–Trinajstić information content (AvgIpc) is 3.17. The predicted molar refractivity (Wildman–Crippen MR) is 133 cm³/mol. The second kappa shape index (κ2) is 10.4. The normalized spacial score (nSPS) is 16.5. The number of aliphatic hydroxyl groups is 1. The zero-order chi connectivity index (χ0) is 26.7. The van der Waals surface area contributed by atoms with Crippen LogP contribution in [0.2, 0.25) is 0 Å². The van der Waals surface area contributed by atoms with Crippen LogP contribution in [0.15, 0.2) is 72.3 Å². The van der Waals surface area contributed by atoms with Gasteiger partial charge in [0.2, 0.25) is 0 Å². The van der Waals surface area contributed by atoms with Crippen LogP contribution in [0.4, 0.5) is 0 Å². The molecule has 0 bridgehead atoms. The van der Waals surface area contributed by atoms with Gasteiger partial charge in [0.25, 0.3) is 11.7 Å². The summed E-state index contributed by atoms with van der Waals surface area (Å²) in [5.74, 6) is -1.87. The molecule has 1 aliphatic rings. The average molecular weight is 504 g/mol. The SMILES string of the molecule is COC(=O)c1ccc(CN2C(=O)C(=O)/C(=C(\O)c3ccc(OC)c(OC)c3)C2c2cccc(O)c2)cc1. The number of esters is 1. The number of ketones is 1. The molecule has 0 radical (unpaired) electrons. The number of rotatable bonds is 7. The van der Waals surface area contributed by atoms with Crippen LogP contribution in [-0.2, 0) is 20.9 Å². The Morgan fingerprint density at radius 3 is 2.19 bits per heavy atom. The lowest BCUT2D eigenvalue weighted by molar-refractivity contribution is -0.140. The Labute approximate surface area is 213 Å². The number of likely N-dealkylation sites (tertiary alicyclic amines) is 1. The number of hydrogen-bond donors (Lipinski definition) is 2. The van der Waals surface area contributed by atoms with Gasteiger partial charge in [0.05, 0.1) is 38.5 Å². The Bertz CT molecular complexity index is 1390. The first-order valence-corrected chi connectivity index (χ1v) is 11.3. The van der Waals surface area contributed by atoms with Crippen molar-refractivity contribution in [1.29, 1.82) is 0 Å².